The number of non-ortho nitro benzene ring substituents is 1. The van der Waals surface area contributed by atoms with Crippen molar-refractivity contribution in [3.8, 4) is 11.5 Å². The molecule has 150 valence electrons. The molecule has 0 fully saturated rings. The molecule has 2 aromatic carbocycles. The van der Waals surface area contributed by atoms with E-state index in [1.165, 1.54) is 12.1 Å². The predicted octanol–water partition coefficient (Wildman–Crippen LogP) is 4.26. The van der Waals surface area contributed by atoms with Crippen molar-refractivity contribution in [2.24, 2.45) is 10.7 Å². The SMILES string of the molecule is CCOc1cc(C=C2SC(N)=NC2=O)c(Br)cc1OCc1cccc([N+](=O)[O-])c1. The van der Waals surface area contributed by atoms with Crippen molar-refractivity contribution in [2.45, 2.75) is 13.5 Å². The third-order valence-electron chi connectivity index (χ3n) is 3.80. The molecule has 2 N–H and O–H groups in total. The fraction of sp³-hybridized carbons (Fsp3) is 0.158. The van der Waals surface area contributed by atoms with Crippen LogP contribution in [0.3, 0.4) is 0 Å². The Kier molecular flexibility index (Phi) is 6.55. The minimum Gasteiger partial charge on any atom is -0.490 e. The van der Waals surface area contributed by atoms with Crippen molar-refractivity contribution < 1.29 is 19.2 Å². The first-order valence-corrected chi connectivity index (χ1v) is 10.1. The van der Waals surface area contributed by atoms with Crippen molar-refractivity contribution >= 4 is 50.5 Å². The molecule has 0 saturated heterocycles. The Bertz CT molecular complexity index is 1040. The number of thioether (sulfide) groups is 1. The molecule has 3 rings (SSSR count). The number of rotatable bonds is 7. The molecule has 1 aliphatic rings. The number of nitro benzene ring substituents is 1. The van der Waals surface area contributed by atoms with Crippen LogP contribution in [-0.2, 0) is 11.4 Å². The normalized spacial score (nSPS) is 14.8. The molecule has 1 heterocycles. The van der Waals surface area contributed by atoms with Gasteiger partial charge in [0.25, 0.3) is 11.6 Å². The molecule has 8 nitrogen and oxygen atoms in total. The highest BCUT2D eigenvalue weighted by Crippen LogP contribution is 2.37. The number of benzene rings is 2. The number of nitrogens with two attached hydrogens (primary N) is 1. The molecule has 0 aliphatic carbocycles. The minimum atomic E-state index is -0.452. The summed E-state index contributed by atoms with van der Waals surface area (Å²) in [5.74, 6) is 0.564. The van der Waals surface area contributed by atoms with Crippen LogP contribution in [0.5, 0.6) is 11.5 Å². The maximum absolute atomic E-state index is 11.8. The van der Waals surface area contributed by atoms with Gasteiger partial charge in [-0.05, 0) is 48.0 Å². The lowest BCUT2D eigenvalue weighted by Gasteiger charge is -2.14. The Morgan fingerprint density at radius 3 is 2.69 bits per heavy atom. The van der Waals surface area contributed by atoms with E-state index in [9.17, 15) is 14.9 Å². The standard InChI is InChI=1S/C19H16BrN3O5S/c1-2-27-15-7-12(8-17-18(24)22-19(21)29-17)14(20)9-16(15)28-10-11-4-3-5-13(6-11)23(25)26/h3-9H,2,10H2,1H3,(H2,21,22,24). The average molecular weight is 478 g/mol. The first kappa shape index (κ1) is 20.9. The Hall–Kier alpha value is -2.85. The monoisotopic (exact) mass is 477 g/mol. The summed E-state index contributed by atoms with van der Waals surface area (Å²) < 4.78 is 12.2. The van der Waals surface area contributed by atoms with Crippen molar-refractivity contribution in [3.63, 3.8) is 0 Å². The van der Waals surface area contributed by atoms with Crippen molar-refractivity contribution in [1.29, 1.82) is 0 Å². The van der Waals surface area contributed by atoms with Gasteiger partial charge in [0.1, 0.15) is 6.61 Å². The fourth-order valence-electron chi connectivity index (χ4n) is 2.53. The Balaban J connectivity index is 1.85. The Morgan fingerprint density at radius 2 is 2.03 bits per heavy atom. The number of amidine groups is 1. The molecule has 1 aliphatic heterocycles. The van der Waals surface area contributed by atoms with E-state index in [1.54, 1.807) is 30.3 Å². The van der Waals surface area contributed by atoms with Gasteiger partial charge in [-0.1, -0.05) is 28.1 Å². The summed E-state index contributed by atoms with van der Waals surface area (Å²) in [5, 5.41) is 11.1. The van der Waals surface area contributed by atoms with Gasteiger partial charge in [-0.25, -0.2) is 0 Å². The lowest BCUT2D eigenvalue weighted by Crippen LogP contribution is -2.01. The zero-order valence-electron chi connectivity index (χ0n) is 15.3. The van der Waals surface area contributed by atoms with Crippen molar-refractivity contribution in [1.82, 2.24) is 0 Å². The van der Waals surface area contributed by atoms with E-state index in [2.05, 4.69) is 20.9 Å². The number of hydrogen-bond donors (Lipinski definition) is 1. The highest BCUT2D eigenvalue weighted by Gasteiger charge is 2.20. The summed E-state index contributed by atoms with van der Waals surface area (Å²) in [6.07, 6.45) is 1.67. The summed E-state index contributed by atoms with van der Waals surface area (Å²) in [6.45, 7) is 2.39. The number of carbonyl (C=O) groups excluding carboxylic acids is 1. The van der Waals surface area contributed by atoms with Gasteiger partial charge >= 0.3 is 0 Å². The van der Waals surface area contributed by atoms with Crippen LogP contribution in [0.25, 0.3) is 6.08 Å². The third kappa shape index (κ3) is 5.15. The smallest absolute Gasteiger partial charge is 0.286 e. The van der Waals surface area contributed by atoms with Crippen LogP contribution in [0.1, 0.15) is 18.1 Å². The third-order valence-corrected chi connectivity index (χ3v) is 5.30. The van der Waals surface area contributed by atoms with Gasteiger partial charge in [-0.2, -0.15) is 4.99 Å². The second-order valence-electron chi connectivity index (χ2n) is 5.83. The van der Waals surface area contributed by atoms with Crippen molar-refractivity contribution in [2.75, 3.05) is 6.61 Å². The zero-order valence-corrected chi connectivity index (χ0v) is 17.7. The number of amides is 1. The summed E-state index contributed by atoms with van der Waals surface area (Å²) in [4.78, 5) is 26.4. The summed E-state index contributed by atoms with van der Waals surface area (Å²) in [5.41, 5.74) is 6.95. The van der Waals surface area contributed by atoms with Crippen LogP contribution in [0.2, 0.25) is 0 Å². The summed E-state index contributed by atoms with van der Waals surface area (Å²) >= 11 is 4.58. The second kappa shape index (κ2) is 9.10. The Labute approximate surface area is 179 Å². The first-order valence-electron chi connectivity index (χ1n) is 8.48. The molecule has 0 saturated carbocycles. The van der Waals surface area contributed by atoms with Crippen LogP contribution in [0.4, 0.5) is 5.69 Å². The summed E-state index contributed by atoms with van der Waals surface area (Å²) in [7, 11) is 0. The van der Waals surface area contributed by atoms with E-state index in [0.29, 0.717) is 38.6 Å². The number of ether oxygens (including phenoxy) is 2. The maximum Gasteiger partial charge on any atom is 0.286 e. The Morgan fingerprint density at radius 1 is 1.28 bits per heavy atom. The molecule has 29 heavy (non-hydrogen) atoms. The molecular weight excluding hydrogens is 462 g/mol. The minimum absolute atomic E-state index is 0.000456. The van der Waals surface area contributed by atoms with Gasteiger partial charge < -0.3 is 15.2 Å². The van der Waals surface area contributed by atoms with E-state index < -0.39 is 4.92 Å². The zero-order chi connectivity index (χ0) is 21.0. The fourth-order valence-corrected chi connectivity index (χ4v) is 3.64. The molecular formula is C19H16BrN3O5S. The van der Waals surface area contributed by atoms with E-state index in [0.717, 1.165) is 11.8 Å². The molecule has 0 atom stereocenters. The highest BCUT2D eigenvalue weighted by atomic mass is 79.9. The first-order chi connectivity index (χ1) is 13.9. The van der Waals surface area contributed by atoms with Crippen LogP contribution < -0.4 is 15.2 Å². The molecule has 1 amide bonds. The van der Waals surface area contributed by atoms with Gasteiger partial charge in [0.05, 0.1) is 16.4 Å². The molecule has 0 aromatic heterocycles. The largest absolute Gasteiger partial charge is 0.490 e. The summed E-state index contributed by atoms with van der Waals surface area (Å²) in [6, 6.07) is 9.70. The number of aliphatic imine (C=N–C) groups is 1. The number of carbonyl (C=O) groups is 1. The van der Waals surface area contributed by atoms with Gasteiger partial charge in [0.2, 0.25) is 0 Å². The maximum atomic E-state index is 11.8. The van der Waals surface area contributed by atoms with Crippen LogP contribution >= 0.6 is 27.7 Å². The predicted molar refractivity (Wildman–Crippen MR) is 115 cm³/mol. The molecule has 10 heteroatoms. The highest BCUT2D eigenvalue weighted by molar-refractivity contribution is 9.10. The number of hydrogen-bond acceptors (Lipinski definition) is 7. The lowest BCUT2D eigenvalue weighted by molar-refractivity contribution is -0.384. The van der Waals surface area contributed by atoms with Crippen LogP contribution in [-0.4, -0.2) is 22.6 Å². The second-order valence-corrected chi connectivity index (χ2v) is 7.75. The average Bonchev–Trinajstić information content (AvgIpc) is 3.00. The van der Waals surface area contributed by atoms with Crippen LogP contribution in [0.15, 0.2) is 50.8 Å². The van der Waals surface area contributed by atoms with Gasteiger partial charge in [0.15, 0.2) is 16.7 Å². The number of halogens is 1. The topological polar surface area (TPSA) is 117 Å². The van der Waals surface area contributed by atoms with Crippen molar-refractivity contribution in [3.05, 3.63) is 67.0 Å². The number of nitrogens with zero attached hydrogens (tertiary/aromatic N) is 2. The van der Waals surface area contributed by atoms with E-state index in [4.69, 9.17) is 15.2 Å². The van der Waals surface area contributed by atoms with Crippen LogP contribution in [0, 0.1) is 10.1 Å². The van der Waals surface area contributed by atoms with Gasteiger partial charge in [0, 0.05) is 16.6 Å². The van der Waals surface area contributed by atoms with E-state index in [1.807, 2.05) is 6.92 Å². The van der Waals surface area contributed by atoms with Gasteiger partial charge in [-0.3, -0.25) is 14.9 Å². The molecule has 0 unspecified atom stereocenters. The lowest BCUT2D eigenvalue weighted by atomic mass is 10.1. The van der Waals surface area contributed by atoms with E-state index in [-0.39, 0.29) is 23.4 Å². The van der Waals surface area contributed by atoms with Gasteiger partial charge in [-0.15, -0.1) is 0 Å². The molecule has 0 bridgehead atoms. The molecule has 0 spiro atoms. The number of nitro groups is 1. The molecule has 0 radical (unpaired) electrons. The molecule has 2 aromatic rings. The van der Waals surface area contributed by atoms with E-state index >= 15 is 0 Å². The quantitative estimate of drug-likeness (QED) is 0.359.